The zero-order valence-electron chi connectivity index (χ0n) is 17.8. The molecular formula is C22H21N3O8. The van der Waals surface area contributed by atoms with Gasteiger partial charge in [-0.25, -0.2) is 9.59 Å². The number of nitrogens with one attached hydrogen (secondary N) is 2. The molecule has 1 heterocycles. The van der Waals surface area contributed by atoms with Gasteiger partial charge in [-0.3, -0.25) is 14.9 Å². The molecule has 0 unspecified atom stereocenters. The number of carbonyl (C=O) groups excluding carboxylic acids is 3. The van der Waals surface area contributed by atoms with E-state index in [0.29, 0.717) is 11.3 Å². The predicted octanol–water partition coefficient (Wildman–Crippen LogP) is 2.14. The summed E-state index contributed by atoms with van der Waals surface area (Å²) >= 11 is 0. The number of esters is 2. The number of fused-ring (bicyclic) bond motifs is 1. The van der Waals surface area contributed by atoms with Gasteiger partial charge in [0, 0.05) is 41.2 Å². The lowest BCUT2D eigenvalue weighted by Gasteiger charge is -2.16. The number of amides is 1. The summed E-state index contributed by atoms with van der Waals surface area (Å²) in [5.41, 5.74) is 1.23. The van der Waals surface area contributed by atoms with Crippen molar-refractivity contribution in [1.29, 1.82) is 0 Å². The van der Waals surface area contributed by atoms with Crippen LogP contribution in [0.15, 0.2) is 48.7 Å². The van der Waals surface area contributed by atoms with Crippen LogP contribution in [0.4, 0.5) is 5.69 Å². The molecule has 1 amide bonds. The average Bonchev–Trinajstić information content (AvgIpc) is 3.23. The maximum absolute atomic E-state index is 12.7. The summed E-state index contributed by atoms with van der Waals surface area (Å²) in [4.78, 5) is 49.8. The Hall–Kier alpha value is -4.41. The van der Waals surface area contributed by atoms with E-state index in [1.807, 2.05) is 0 Å². The summed E-state index contributed by atoms with van der Waals surface area (Å²) in [6, 6.07) is 9.25. The highest BCUT2D eigenvalue weighted by Gasteiger charge is 2.24. The van der Waals surface area contributed by atoms with Gasteiger partial charge in [0.15, 0.2) is 6.61 Å². The van der Waals surface area contributed by atoms with Crippen molar-refractivity contribution in [1.82, 2.24) is 10.3 Å². The number of nitrogens with zero attached hydrogens (tertiary/aromatic N) is 1. The Morgan fingerprint density at radius 1 is 1.12 bits per heavy atom. The third-order valence-electron chi connectivity index (χ3n) is 4.86. The molecule has 0 aliphatic rings. The van der Waals surface area contributed by atoms with Crippen molar-refractivity contribution in [3.05, 3.63) is 69.9 Å². The summed E-state index contributed by atoms with van der Waals surface area (Å²) in [6.07, 6.45) is 1.76. The number of rotatable bonds is 9. The maximum atomic E-state index is 12.7. The van der Waals surface area contributed by atoms with Crippen molar-refractivity contribution in [2.24, 2.45) is 0 Å². The number of H-pyrrole nitrogens is 1. The van der Waals surface area contributed by atoms with Crippen LogP contribution in [-0.4, -0.2) is 54.6 Å². The molecule has 172 valence electrons. The van der Waals surface area contributed by atoms with Gasteiger partial charge < -0.3 is 24.5 Å². The SMILES string of the molecule is COC(=O)COc1ccc2[nH]cc(C[C@H](NC(=O)c3cccc([N+](=O)[O-])c3)C(=O)OC)c2c1. The molecule has 2 aromatic carbocycles. The van der Waals surface area contributed by atoms with Crippen LogP contribution in [0, 0.1) is 10.1 Å². The van der Waals surface area contributed by atoms with Crippen molar-refractivity contribution in [3.8, 4) is 5.75 Å². The van der Waals surface area contributed by atoms with Crippen LogP contribution in [0.25, 0.3) is 10.9 Å². The van der Waals surface area contributed by atoms with E-state index in [2.05, 4.69) is 15.0 Å². The third kappa shape index (κ3) is 5.64. The van der Waals surface area contributed by atoms with Crippen LogP contribution >= 0.6 is 0 Å². The van der Waals surface area contributed by atoms with Gasteiger partial charge in [-0.2, -0.15) is 0 Å². The molecule has 1 aromatic heterocycles. The molecule has 11 heteroatoms. The lowest BCUT2D eigenvalue weighted by molar-refractivity contribution is -0.384. The number of hydrogen-bond acceptors (Lipinski definition) is 8. The van der Waals surface area contributed by atoms with Gasteiger partial charge in [0.05, 0.1) is 19.1 Å². The van der Waals surface area contributed by atoms with E-state index in [4.69, 9.17) is 9.47 Å². The van der Waals surface area contributed by atoms with E-state index < -0.39 is 28.8 Å². The standard InChI is InChI=1S/C22H21N3O8/c1-31-20(26)12-33-16-6-7-18-17(10-16)14(11-23-18)9-19(22(28)32-2)24-21(27)13-4-3-5-15(8-13)25(29)30/h3-8,10-11,19,23H,9,12H2,1-2H3,(H,24,27)/t19-/m0/s1. The fourth-order valence-corrected chi connectivity index (χ4v) is 3.18. The van der Waals surface area contributed by atoms with Crippen LogP contribution in [0.1, 0.15) is 15.9 Å². The Morgan fingerprint density at radius 2 is 1.91 bits per heavy atom. The third-order valence-corrected chi connectivity index (χ3v) is 4.86. The molecule has 0 saturated carbocycles. The second-order valence-electron chi connectivity index (χ2n) is 6.95. The molecule has 0 spiro atoms. The Morgan fingerprint density at radius 3 is 2.61 bits per heavy atom. The minimum absolute atomic E-state index is 0.0375. The topological polar surface area (TPSA) is 150 Å². The number of benzene rings is 2. The number of carbonyl (C=O) groups is 3. The van der Waals surface area contributed by atoms with Gasteiger partial charge in [-0.1, -0.05) is 6.07 Å². The highest BCUT2D eigenvalue weighted by atomic mass is 16.6. The van der Waals surface area contributed by atoms with Crippen molar-refractivity contribution >= 4 is 34.4 Å². The molecule has 0 bridgehead atoms. The van der Waals surface area contributed by atoms with E-state index in [0.717, 1.165) is 17.0 Å². The quantitative estimate of drug-likeness (QED) is 0.283. The fraction of sp³-hybridized carbons (Fsp3) is 0.227. The lowest BCUT2D eigenvalue weighted by atomic mass is 10.0. The molecule has 0 aliphatic carbocycles. The van der Waals surface area contributed by atoms with Gasteiger partial charge in [0.2, 0.25) is 0 Å². The first-order valence-electron chi connectivity index (χ1n) is 9.75. The van der Waals surface area contributed by atoms with Crippen molar-refractivity contribution in [2.75, 3.05) is 20.8 Å². The number of aromatic nitrogens is 1. The summed E-state index contributed by atoms with van der Waals surface area (Å²) in [6.45, 7) is -0.258. The monoisotopic (exact) mass is 455 g/mol. The summed E-state index contributed by atoms with van der Waals surface area (Å²) in [7, 11) is 2.46. The molecular weight excluding hydrogens is 434 g/mol. The number of nitro groups is 1. The van der Waals surface area contributed by atoms with Crippen molar-refractivity contribution < 1.29 is 33.5 Å². The first-order chi connectivity index (χ1) is 15.8. The zero-order chi connectivity index (χ0) is 24.0. The van der Waals surface area contributed by atoms with Crippen LogP contribution in [0.2, 0.25) is 0 Å². The molecule has 3 aromatic rings. The van der Waals surface area contributed by atoms with Gasteiger partial charge in [0.25, 0.3) is 11.6 Å². The average molecular weight is 455 g/mol. The Bertz CT molecular complexity index is 1200. The number of nitro benzene ring substituents is 1. The van der Waals surface area contributed by atoms with Gasteiger partial charge in [-0.15, -0.1) is 0 Å². The maximum Gasteiger partial charge on any atom is 0.343 e. The molecule has 0 fully saturated rings. The molecule has 3 rings (SSSR count). The minimum atomic E-state index is -1.06. The number of methoxy groups -OCH3 is 2. The van der Waals surface area contributed by atoms with Gasteiger partial charge in [-0.05, 0) is 29.8 Å². The van der Waals surface area contributed by atoms with Crippen molar-refractivity contribution in [2.45, 2.75) is 12.5 Å². The normalized spacial score (nSPS) is 11.5. The lowest BCUT2D eigenvalue weighted by Crippen LogP contribution is -2.43. The molecule has 0 aliphatic heterocycles. The van der Waals surface area contributed by atoms with Crippen LogP contribution in [-0.2, 0) is 25.5 Å². The first kappa shape index (κ1) is 23.3. The highest BCUT2D eigenvalue weighted by Crippen LogP contribution is 2.25. The van der Waals surface area contributed by atoms with Gasteiger partial charge in [0.1, 0.15) is 11.8 Å². The molecule has 2 N–H and O–H groups in total. The van der Waals surface area contributed by atoms with Gasteiger partial charge >= 0.3 is 11.9 Å². The highest BCUT2D eigenvalue weighted by molar-refractivity contribution is 5.97. The Labute approximate surface area is 187 Å². The first-order valence-corrected chi connectivity index (χ1v) is 9.75. The van der Waals surface area contributed by atoms with Crippen LogP contribution in [0.5, 0.6) is 5.75 Å². The zero-order valence-corrected chi connectivity index (χ0v) is 17.8. The smallest absolute Gasteiger partial charge is 0.343 e. The van der Waals surface area contributed by atoms with E-state index >= 15 is 0 Å². The van der Waals surface area contributed by atoms with Crippen LogP contribution < -0.4 is 10.1 Å². The number of ether oxygens (including phenoxy) is 3. The summed E-state index contributed by atoms with van der Waals surface area (Å²) < 4.78 is 14.8. The number of non-ortho nitro benzene ring substituents is 1. The van der Waals surface area contributed by atoms with E-state index in [1.165, 1.54) is 32.4 Å². The Balaban J connectivity index is 1.82. The minimum Gasteiger partial charge on any atom is -0.482 e. The van der Waals surface area contributed by atoms with Crippen LogP contribution in [0.3, 0.4) is 0 Å². The molecule has 0 saturated heterocycles. The van der Waals surface area contributed by atoms with E-state index in [-0.39, 0.29) is 24.3 Å². The second kappa shape index (κ2) is 10.3. The fourth-order valence-electron chi connectivity index (χ4n) is 3.18. The van der Waals surface area contributed by atoms with E-state index in [1.54, 1.807) is 24.4 Å². The number of aromatic amines is 1. The predicted molar refractivity (Wildman–Crippen MR) is 116 cm³/mol. The molecule has 33 heavy (non-hydrogen) atoms. The van der Waals surface area contributed by atoms with E-state index in [9.17, 15) is 24.5 Å². The molecule has 0 radical (unpaired) electrons. The Kier molecular flexibility index (Phi) is 7.24. The molecule has 1 atom stereocenters. The summed E-state index contributed by atoms with van der Waals surface area (Å²) in [5, 5.41) is 14.3. The van der Waals surface area contributed by atoms with Crippen molar-refractivity contribution in [3.63, 3.8) is 0 Å². The molecule has 11 nitrogen and oxygen atoms in total. The number of hydrogen-bond donors (Lipinski definition) is 2. The largest absolute Gasteiger partial charge is 0.482 e. The summed E-state index contributed by atoms with van der Waals surface area (Å²) in [5.74, 6) is -1.44. The second-order valence-corrected chi connectivity index (χ2v) is 6.95.